The molecule has 4 atom stereocenters. The third kappa shape index (κ3) is 1.59. The highest BCUT2D eigenvalue weighted by molar-refractivity contribution is 5.91. The van der Waals surface area contributed by atoms with Crippen LogP contribution in [0.4, 0.5) is 0 Å². The summed E-state index contributed by atoms with van der Waals surface area (Å²) >= 11 is 0. The minimum atomic E-state index is -0.907. The SMILES string of the molecule is O=C(O)[C@@H]1[C@@H](C(=O)Nn2cnnc2)[C@H]2C=C[C@@H]1C2. The third-order valence-electron chi connectivity index (χ3n) is 3.71. The molecule has 2 bridgehead atoms. The van der Waals surface area contributed by atoms with Crippen molar-refractivity contribution in [1.29, 1.82) is 0 Å². The first-order valence-electron chi connectivity index (χ1n) is 5.73. The topological polar surface area (TPSA) is 97.1 Å². The molecule has 2 N–H and O–H groups in total. The lowest BCUT2D eigenvalue weighted by Gasteiger charge is -2.23. The smallest absolute Gasteiger partial charge is 0.307 e. The monoisotopic (exact) mass is 248 g/mol. The highest BCUT2D eigenvalue weighted by Gasteiger charge is 2.51. The molecule has 0 aliphatic heterocycles. The lowest BCUT2D eigenvalue weighted by molar-refractivity contribution is -0.147. The van der Waals surface area contributed by atoms with Crippen LogP contribution in [-0.2, 0) is 9.59 Å². The third-order valence-corrected chi connectivity index (χ3v) is 3.71. The minimum absolute atomic E-state index is 0.0209. The Hall–Kier alpha value is -2.18. The Kier molecular flexibility index (Phi) is 2.39. The first kappa shape index (κ1) is 10.9. The fourth-order valence-electron chi connectivity index (χ4n) is 2.98. The number of hydrogen-bond donors (Lipinski definition) is 2. The van der Waals surface area contributed by atoms with Crippen molar-refractivity contribution in [2.24, 2.45) is 23.7 Å². The summed E-state index contributed by atoms with van der Waals surface area (Å²) in [5.41, 5.74) is 2.59. The van der Waals surface area contributed by atoms with Crippen LogP contribution in [-0.4, -0.2) is 31.9 Å². The largest absolute Gasteiger partial charge is 0.481 e. The molecule has 3 rings (SSSR count). The van der Waals surface area contributed by atoms with Gasteiger partial charge in [-0.2, -0.15) is 0 Å². The van der Waals surface area contributed by atoms with E-state index in [0.717, 1.165) is 6.42 Å². The summed E-state index contributed by atoms with van der Waals surface area (Å²) in [5, 5.41) is 16.4. The number of carboxylic acid groups (broad SMARTS) is 1. The van der Waals surface area contributed by atoms with E-state index in [1.54, 1.807) is 0 Å². The van der Waals surface area contributed by atoms with Gasteiger partial charge in [0.15, 0.2) is 0 Å². The maximum atomic E-state index is 12.1. The van der Waals surface area contributed by atoms with Crippen molar-refractivity contribution in [3.05, 3.63) is 24.8 Å². The van der Waals surface area contributed by atoms with Gasteiger partial charge in [-0.05, 0) is 18.3 Å². The van der Waals surface area contributed by atoms with E-state index in [0.29, 0.717) is 0 Å². The van der Waals surface area contributed by atoms with Crippen LogP contribution in [0.25, 0.3) is 0 Å². The Bertz CT molecular complexity index is 510. The van der Waals surface area contributed by atoms with E-state index in [1.165, 1.54) is 17.3 Å². The molecule has 1 fully saturated rings. The van der Waals surface area contributed by atoms with E-state index in [2.05, 4.69) is 15.6 Å². The number of carboxylic acids is 1. The summed E-state index contributed by atoms with van der Waals surface area (Å²) in [5.74, 6) is -2.34. The second-order valence-corrected chi connectivity index (χ2v) is 4.68. The maximum absolute atomic E-state index is 12.1. The predicted molar refractivity (Wildman–Crippen MR) is 59.7 cm³/mol. The van der Waals surface area contributed by atoms with Crippen molar-refractivity contribution in [1.82, 2.24) is 14.9 Å². The summed E-state index contributed by atoms with van der Waals surface area (Å²) < 4.78 is 1.33. The lowest BCUT2D eigenvalue weighted by Crippen LogP contribution is -2.38. The number of rotatable bonds is 3. The van der Waals surface area contributed by atoms with Crippen molar-refractivity contribution in [3.8, 4) is 0 Å². The molecular weight excluding hydrogens is 236 g/mol. The zero-order valence-corrected chi connectivity index (χ0v) is 9.43. The van der Waals surface area contributed by atoms with Crippen molar-refractivity contribution in [3.63, 3.8) is 0 Å². The van der Waals surface area contributed by atoms with Crippen molar-refractivity contribution >= 4 is 11.9 Å². The van der Waals surface area contributed by atoms with E-state index in [-0.39, 0.29) is 17.7 Å². The Morgan fingerprint density at radius 3 is 2.39 bits per heavy atom. The fourth-order valence-corrected chi connectivity index (χ4v) is 2.98. The highest BCUT2D eigenvalue weighted by Crippen LogP contribution is 2.48. The number of fused-ring (bicyclic) bond motifs is 2. The summed E-state index contributed by atoms with van der Waals surface area (Å²) in [6.07, 6.45) is 7.32. The van der Waals surface area contributed by atoms with Gasteiger partial charge in [-0.25, -0.2) is 4.68 Å². The van der Waals surface area contributed by atoms with Crippen LogP contribution in [0.5, 0.6) is 0 Å². The number of amides is 1. The van der Waals surface area contributed by atoms with E-state index in [9.17, 15) is 14.7 Å². The normalized spacial score (nSPS) is 32.7. The molecule has 1 aromatic rings. The molecule has 7 nitrogen and oxygen atoms in total. The van der Waals surface area contributed by atoms with Crippen molar-refractivity contribution in [2.45, 2.75) is 6.42 Å². The lowest BCUT2D eigenvalue weighted by atomic mass is 9.82. The van der Waals surface area contributed by atoms with Gasteiger partial charge >= 0.3 is 5.97 Å². The fraction of sp³-hybridized carbons (Fsp3) is 0.455. The molecular formula is C11H12N4O3. The first-order valence-corrected chi connectivity index (χ1v) is 5.73. The molecule has 18 heavy (non-hydrogen) atoms. The standard InChI is InChI=1S/C11H12N4O3/c16-10(14-15-4-12-13-5-15)8-6-1-2-7(3-6)9(8)11(17)18/h1-2,4-9H,3H2,(H,14,16)(H,17,18)/t6-,7+,8-,9-/m0/s1. The number of aromatic nitrogens is 3. The quantitative estimate of drug-likeness (QED) is 0.726. The van der Waals surface area contributed by atoms with Crippen LogP contribution in [0.3, 0.4) is 0 Å². The molecule has 0 spiro atoms. The molecule has 2 aliphatic rings. The van der Waals surface area contributed by atoms with Crippen molar-refractivity contribution < 1.29 is 14.7 Å². The second-order valence-electron chi connectivity index (χ2n) is 4.68. The second kappa shape index (κ2) is 3.94. The van der Waals surface area contributed by atoms with Crippen molar-refractivity contribution in [2.75, 3.05) is 5.43 Å². The highest BCUT2D eigenvalue weighted by atomic mass is 16.4. The van der Waals surface area contributed by atoms with Gasteiger partial charge in [0, 0.05) is 0 Å². The van der Waals surface area contributed by atoms with E-state index >= 15 is 0 Å². The van der Waals surface area contributed by atoms with Gasteiger partial charge in [0.1, 0.15) is 12.7 Å². The number of carbonyl (C=O) groups is 2. The summed E-state index contributed by atoms with van der Waals surface area (Å²) in [6.45, 7) is 0. The molecule has 1 aromatic heterocycles. The number of nitrogens with zero attached hydrogens (tertiary/aromatic N) is 3. The number of aliphatic carboxylic acids is 1. The predicted octanol–water partition coefficient (Wildman–Crippen LogP) is -0.129. The van der Waals surface area contributed by atoms with E-state index in [1.807, 2.05) is 12.2 Å². The van der Waals surface area contributed by atoms with Crippen LogP contribution < -0.4 is 5.43 Å². The Morgan fingerprint density at radius 1 is 1.17 bits per heavy atom. The summed E-state index contributed by atoms with van der Waals surface area (Å²) in [4.78, 5) is 23.4. The van der Waals surface area contributed by atoms with Crippen LogP contribution in [0.1, 0.15) is 6.42 Å². The van der Waals surface area contributed by atoms with Gasteiger partial charge in [0.25, 0.3) is 0 Å². The number of nitrogens with one attached hydrogen (secondary N) is 1. The Balaban J connectivity index is 1.80. The van der Waals surface area contributed by atoms with E-state index < -0.39 is 17.8 Å². The molecule has 0 aromatic carbocycles. The molecule has 0 radical (unpaired) electrons. The van der Waals surface area contributed by atoms with Gasteiger partial charge in [0.05, 0.1) is 11.8 Å². The van der Waals surface area contributed by atoms with Crippen LogP contribution in [0, 0.1) is 23.7 Å². The zero-order valence-electron chi connectivity index (χ0n) is 9.43. The molecule has 94 valence electrons. The molecule has 0 saturated heterocycles. The average Bonchev–Trinajstić information content (AvgIpc) is 3.03. The van der Waals surface area contributed by atoms with E-state index in [4.69, 9.17) is 0 Å². The van der Waals surface area contributed by atoms with Gasteiger partial charge in [-0.15, -0.1) is 10.2 Å². The van der Waals surface area contributed by atoms with Gasteiger partial charge < -0.3 is 5.11 Å². The Morgan fingerprint density at radius 2 is 1.78 bits per heavy atom. The first-order chi connectivity index (χ1) is 8.66. The number of allylic oxidation sites excluding steroid dienone is 2. The van der Waals surface area contributed by atoms with Crippen LogP contribution in [0.2, 0.25) is 0 Å². The molecule has 1 heterocycles. The number of hydrogen-bond acceptors (Lipinski definition) is 4. The van der Waals surface area contributed by atoms with Crippen LogP contribution >= 0.6 is 0 Å². The van der Waals surface area contributed by atoms with Crippen LogP contribution in [0.15, 0.2) is 24.8 Å². The number of carbonyl (C=O) groups excluding carboxylic acids is 1. The molecule has 1 amide bonds. The van der Waals surface area contributed by atoms with Gasteiger partial charge in [-0.3, -0.25) is 15.0 Å². The molecule has 1 saturated carbocycles. The average molecular weight is 248 g/mol. The Labute approximate surface area is 102 Å². The molecule has 7 heteroatoms. The maximum Gasteiger partial charge on any atom is 0.307 e. The van der Waals surface area contributed by atoms with Gasteiger partial charge in [-0.1, -0.05) is 12.2 Å². The van der Waals surface area contributed by atoms with Gasteiger partial charge in [0.2, 0.25) is 5.91 Å². The molecule has 2 aliphatic carbocycles. The summed E-state index contributed by atoms with van der Waals surface area (Å²) in [6, 6.07) is 0. The summed E-state index contributed by atoms with van der Waals surface area (Å²) in [7, 11) is 0. The molecule has 0 unspecified atom stereocenters. The zero-order chi connectivity index (χ0) is 12.7. The minimum Gasteiger partial charge on any atom is -0.481 e.